The van der Waals surface area contributed by atoms with Crippen molar-refractivity contribution in [2.24, 2.45) is 0 Å². The normalized spacial score (nSPS) is 19.6. The second-order valence-electron chi connectivity index (χ2n) is 7.81. The van der Waals surface area contributed by atoms with E-state index in [-0.39, 0.29) is 11.8 Å². The molecule has 2 aromatic rings. The number of carbonyl (C=O) groups excluding carboxylic acids is 2. The van der Waals surface area contributed by atoms with Crippen LogP contribution < -0.4 is 4.90 Å². The summed E-state index contributed by atoms with van der Waals surface area (Å²) in [6, 6.07) is 13.7. The highest BCUT2D eigenvalue weighted by molar-refractivity contribution is 5.92. The number of hydrogen-bond donors (Lipinski definition) is 0. The van der Waals surface area contributed by atoms with E-state index in [0.29, 0.717) is 19.5 Å². The van der Waals surface area contributed by atoms with E-state index in [1.165, 1.54) is 16.8 Å². The molecule has 2 amide bonds. The molecule has 1 atom stereocenters. The van der Waals surface area contributed by atoms with Crippen molar-refractivity contribution in [3.05, 3.63) is 64.7 Å². The van der Waals surface area contributed by atoms with Gasteiger partial charge in [-0.3, -0.25) is 9.59 Å². The third-order valence-electron chi connectivity index (χ3n) is 6.21. The van der Waals surface area contributed by atoms with Crippen LogP contribution in [0.15, 0.2) is 42.5 Å². The molecule has 4 rings (SSSR count). The van der Waals surface area contributed by atoms with Crippen LogP contribution in [0.1, 0.15) is 28.3 Å². The second-order valence-corrected chi connectivity index (χ2v) is 7.81. The third kappa shape index (κ3) is 3.15. The summed E-state index contributed by atoms with van der Waals surface area (Å²) in [7, 11) is 1.74. The van der Waals surface area contributed by atoms with E-state index in [4.69, 9.17) is 0 Å². The molecule has 0 radical (unpaired) electrons. The highest BCUT2D eigenvalue weighted by Gasteiger charge is 2.37. The molecule has 5 nitrogen and oxygen atoms in total. The lowest BCUT2D eigenvalue weighted by Gasteiger charge is -2.41. The van der Waals surface area contributed by atoms with Gasteiger partial charge in [0.2, 0.25) is 11.8 Å². The lowest BCUT2D eigenvalue weighted by molar-refractivity contribution is -0.145. The number of aryl methyl sites for hydroxylation is 1. The molecule has 0 aromatic heterocycles. The van der Waals surface area contributed by atoms with E-state index < -0.39 is 6.04 Å². The van der Waals surface area contributed by atoms with Gasteiger partial charge in [-0.05, 0) is 42.2 Å². The minimum absolute atomic E-state index is 0.00562. The van der Waals surface area contributed by atoms with Gasteiger partial charge in [-0.25, -0.2) is 0 Å². The molecule has 1 saturated heterocycles. The van der Waals surface area contributed by atoms with Crippen molar-refractivity contribution < 1.29 is 9.59 Å². The van der Waals surface area contributed by atoms with Gasteiger partial charge in [0.15, 0.2) is 0 Å². The third-order valence-corrected chi connectivity index (χ3v) is 6.21. The van der Waals surface area contributed by atoms with Crippen LogP contribution in [0.3, 0.4) is 0 Å². The second kappa shape index (κ2) is 7.30. The van der Waals surface area contributed by atoms with Crippen molar-refractivity contribution in [2.45, 2.75) is 26.3 Å². The Bertz CT molecular complexity index is 916. The molecule has 0 unspecified atom stereocenters. The Morgan fingerprint density at radius 1 is 0.964 bits per heavy atom. The SMILES string of the molecule is Cc1cccc(N2CCN(C(=O)[C@@H]3c4ccccc4CC(=O)N3C)CC2)c1C. The standard InChI is InChI=1S/C23H27N3O2/c1-16-7-6-10-20(17(16)2)25-11-13-26(14-12-25)23(28)22-19-9-5-4-8-18(19)15-21(27)24(22)3/h4-10,22H,11-15H2,1-3H3/t22-/m0/s1. The van der Waals surface area contributed by atoms with Gasteiger partial charge in [0.1, 0.15) is 6.04 Å². The summed E-state index contributed by atoms with van der Waals surface area (Å²) >= 11 is 0. The maximum atomic E-state index is 13.3. The first kappa shape index (κ1) is 18.5. The first-order valence-corrected chi connectivity index (χ1v) is 9.91. The Morgan fingerprint density at radius 3 is 2.43 bits per heavy atom. The van der Waals surface area contributed by atoms with Crippen molar-refractivity contribution >= 4 is 17.5 Å². The summed E-state index contributed by atoms with van der Waals surface area (Å²) in [5, 5.41) is 0. The average molecular weight is 377 g/mol. The first-order chi connectivity index (χ1) is 13.5. The molecule has 0 bridgehead atoms. The molecule has 1 fully saturated rings. The Morgan fingerprint density at radius 2 is 1.68 bits per heavy atom. The largest absolute Gasteiger partial charge is 0.368 e. The molecule has 2 heterocycles. The number of fused-ring (bicyclic) bond motifs is 1. The van der Waals surface area contributed by atoms with Crippen LogP contribution in [0, 0.1) is 13.8 Å². The summed E-state index contributed by atoms with van der Waals surface area (Å²) in [6.07, 6.45) is 0.372. The number of carbonyl (C=O) groups is 2. The van der Waals surface area contributed by atoms with Crippen LogP contribution >= 0.6 is 0 Å². The van der Waals surface area contributed by atoms with Gasteiger partial charge in [-0.1, -0.05) is 36.4 Å². The van der Waals surface area contributed by atoms with Crippen LogP contribution in [0.5, 0.6) is 0 Å². The molecule has 146 valence electrons. The molecule has 0 saturated carbocycles. The van der Waals surface area contributed by atoms with E-state index in [1.807, 2.05) is 29.2 Å². The van der Waals surface area contributed by atoms with E-state index in [1.54, 1.807) is 11.9 Å². The fourth-order valence-electron chi connectivity index (χ4n) is 4.32. The molecule has 0 aliphatic carbocycles. The number of nitrogens with zero attached hydrogens (tertiary/aromatic N) is 3. The van der Waals surface area contributed by atoms with Gasteiger partial charge < -0.3 is 14.7 Å². The monoisotopic (exact) mass is 377 g/mol. The van der Waals surface area contributed by atoms with E-state index in [2.05, 4.69) is 36.9 Å². The maximum absolute atomic E-state index is 13.3. The molecule has 2 aliphatic heterocycles. The van der Waals surface area contributed by atoms with Crippen molar-refractivity contribution in [1.29, 1.82) is 0 Å². The van der Waals surface area contributed by atoms with Gasteiger partial charge >= 0.3 is 0 Å². The molecule has 0 spiro atoms. The first-order valence-electron chi connectivity index (χ1n) is 9.91. The number of anilines is 1. The zero-order valence-corrected chi connectivity index (χ0v) is 16.8. The van der Waals surface area contributed by atoms with Crippen LogP contribution in [0.2, 0.25) is 0 Å². The summed E-state index contributed by atoms with van der Waals surface area (Å²) in [5.74, 6) is 0.0367. The van der Waals surface area contributed by atoms with Crippen LogP contribution in [-0.4, -0.2) is 54.8 Å². The lowest BCUT2D eigenvalue weighted by atomic mass is 9.91. The molecule has 28 heavy (non-hydrogen) atoms. The average Bonchev–Trinajstić information content (AvgIpc) is 2.71. The Kier molecular flexibility index (Phi) is 4.84. The molecule has 0 N–H and O–H groups in total. The van der Waals surface area contributed by atoms with Crippen LogP contribution in [-0.2, 0) is 16.0 Å². The number of likely N-dealkylation sites (N-methyl/N-ethyl adjacent to an activating group) is 1. The summed E-state index contributed by atoms with van der Waals surface area (Å²) in [4.78, 5) is 31.6. The topological polar surface area (TPSA) is 43.9 Å². The molecule has 2 aromatic carbocycles. The fourth-order valence-corrected chi connectivity index (χ4v) is 4.32. The minimum atomic E-state index is -0.510. The van der Waals surface area contributed by atoms with Crippen molar-refractivity contribution in [3.8, 4) is 0 Å². The van der Waals surface area contributed by atoms with Crippen LogP contribution in [0.25, 0.3) is 0 Å². The number of hydrogen-bond acceptors (Lipinski definition) is 3. The van der Waals surface area contributed by atoms with Gasteiger partial charge in [0.25, 0.3) is 0 Å². The van der Waals surface area contributed by atoms with Gasteiger partial charge in [0, 0.05) is 38.9 Å². The molecule has 5 heteroatoms. The van der Waals surface area contributed by atoms with Crippen molar-refractivity contribution in [1.82, 2.24) is 9.80 Å². The van der Waals surface area contributed by atoms with E-state index >= 15 is 0 Å². The summed E-state index contributed by atoms with van der Waals surface area (Å²) < 4.78 is 0. The van der Waals surface area contributed by atoms with Gasteiger partial charge in [-0.15, -0.1) is 0 Å². The predicted octanol–water partition coefficient (Wildman–Crippen LogP) is 2.71. The number of piperazine rings is 1. The highest BCUT2D eigenvalue weighted by Crippen LogP contribution is 2.31. The minimum Gasteiger partial charge on any atom is -0.368 e. The Balaban J connectivity index is 1.51. The Hall–Kier alpha value is -2.82. The molecular formula is C23H27N3O2. The molecular weight excluding hydrogens is 350 g/mol. The zero-order valence-electron chi connectivity index (χ0n) is 16.8. The summed E-state index contributed by atoms with van der Waals surface area (Å²) in [6.45, 7) is 7.25. The maximum Gasteiger partial charge on any atom is 0.250 e. The van der Waals surface area contributed by atoms with E-state index in [9.17, 15) is 9.59 Å². The molecule has 2 aliphatic rings. The van der Waals surface area contributed by atoms with Crippen LogP contribution in [0.4, 0.5) is 5.69 Å². The number of rotatable bonds is 2. The number of benzene rings is 2. The highest BCUT2D eigenvalue weighted by atomic mass is 16.2. The predicted molar refractivity (Wildman–Crippen MR) is 110 cm³/mol. The van der Waals surface area contributed by atoms with Crippen molar-refractivity contribution in [3.63, 3.8) is 0 Å². The zero-order chi connectivity index (χ0) is 19.8. The lowest BCUT2D eigenvalue weighted by Crippen LogP contribution is -2.53. The quantitative estimate of drug-likeness (QED) is 0.808. The summed E-state index contributed by atoms with van der Waals surface area (Å²) in [5.41, 5.74) is 5.77. The smallest absolute Gasteiger partial charge is 0.250 e. The van der Waals surface area contributed by atoms with E-state index in [0.717, 1.165) is 24.2 Å². The number of amides is 2. The van der Waals surface area contributed by atoms with Gasteiger partial charge in [0.05, 0.1) is 6.42 Å². The van der Waals surface area contributed by atoms with Crippen molar-refractivity contribution in [2.75, 3.05) is 38.1 Å². The Labute approximate surface area is 166 Å². The fraction of sp³-hybridized carbons (Fsp3) is 0.391. The van der Waals surface area contributed by atoms with Gasteiger partial charge in [-0.2, -0.15) is 0 Å².